The maximum absolute atomic E-state index is 12.5. The molecule has 0 saturated carbocycles. The minimum Gasteiger partial charge on any atom is -0.370 e. The predicted molar refractivity (Wildman–Crippen MR) is 89.5 cm³/mol. The van der Waals surface area contributed by atoms with Crippen molar-refractivity contribution in [3.05, 3.63) is 42.0 Å². The average molecular weight is 324 g/mol. The molecule has 0 bridgehead atoms. The summed E-state index contributed by atoms with van der Waals surface area (Å²) in [5.74, 6) is 0.0154. The first kappa shape index (κ1) is 16.0. The summed E-state index contributed by atoms with van der Waals surface area (Å²) in [5, 5.41) is 12.9. The zero-order valence-corrected chi connectivity index (χ0v) is 13.9. The molecule has 1 saturated heterocycles. The maximum atomic E-state index is 12.5. The molecule has 3 rings (SSSR count). The fourth-order valence-electron chi connectivity index (χ4n) is 3.05. The highest BCUT2D eigenvalue weighted by molar-refractivity contribution is 5.93. The van der Waals surface area contributed by atoms with Crippen LogP contribution in [0.1, 0.15) is 28.9 Å². The van der Waals surface area contributed by atoms with E-state index in [1.54, 1.807) is 36.4 Å². The van der Waals surface area contributed by atoms with Gasteiger partial charge in [-0.1, -0.05) is 0 Å². The second kappa shape index (κ2) is 6.71. The first-order valence-corrected chi connectivity index (χ1v) is 7.95. The molecule has 2 aromatic rings. The van der Waals surface area contributed by atoms with Gasteiger partial charge in [0, 0.05) is 39.4 Å². The van der Waals surface area contributed by atoms with Gasteiger partial charge in [-0.3, -0.25) is 9.48 Å². The zero-order chi connectivity index (χ0) is 17.1. The number of anilines is 1. The zero-order valence-electron chi connectivity index (χ0n) is 13.9. The number of carbonyl (C=O) groups excluding carboxylic acids is 1. The van der Waals surface area contributed by atoms with Crippen LogP contribution >= 0.6 is 0 Å². The second-order valence-corrected chi connectivity index (χ2v) is 6.05. The Morgan fingerprint density at radius 3 is 2.62 bits per heavy atom. The van der Waals surface area contributed by atoms with E-state index in [1.165, 1.54) is 0 Å². The van der Waals surface area contributed by atoms with Crippen LogP contribution in [-0.2, 0) is 7.05 Å². The molecule has 1 amide bonds. The molecule has 0 aliphatic carbocycles. The fraction of sp³-hybridized carbons (Fsp3) is 0.412. The maximum Gasteiger partial charge on any atom is 0.257 e. The quantitative estimate of drug-likeness (QED) is 0.853. The largest absolute Gasteiger partial charge is 0.370 e. The molecule has 124 valence electrons. The highest BCUT2D eigenvalue weighted by Crippen LogP contribution is 2.22. The van der Waals surface area contributed by atoms with Crippen molar-refractivity contribution >= 4 is 11.6 Å². The fourth-order valence-corrected chi connectivity index (χ4v) is 3.05. The number of hydrogen-bond acceptors (Lipinski definition) is 5. The van der Waals surface area contributed by atoms with E-state index in [0.29, 0.717) is 11.3 Å². The van der Waals surface area contributed by atoms with E-state index >= 15 is 0 Å². The summed E-state index contributed by atoms with van der Waals surface area (Å²) < 4.78 is 1.64. The number of aryl methyl sites for hydroxylation is 1. The Morgan fingerprint density at radius 2 is 2.08 bits per heavy atom. The third-order valence-electron chi connectivity index (χ3n) is 4.51. The normalized spacial score (nSPS) is 15.1. The lowest BCUT2D eigenvalue weighted by atomic mass is 10.0. The average Bonchev–Trinajstić information content (AvgIpc) is 3.07. The number of nitrogens with zero attached hydrogens (tertiary/aromatic N) is 6. The van der Waals surface area contributed by atoms with Crippen molar-refractivity contribution < 1.29 is 4.79 Å². The van der Waals surface area contributed by atoms with Crippen molar-refractivity contribution in [3.8, 4) is 6.07 Å². The van der Waals surface area contributed by atoms with Crippen molar-refractivity contribution in [1.82, 2.24) is 19.7 Å². The summed E-state index contributed by atoms with van der Waals surface area (Å²) in [7, 11) is 3.67. The molecule has 0 radical (unpaired) electrons. The topological polar surface area (TPSA) is 78.0 Å². The van der Waals surface area contributed by atoms with E-state index in [-0.39, 0.29) is 11.9 Å². The smallest absolute Gasteiger partial charge is 0.257 e. The van der Waals surface area contributed by atoms with E-state index in [4.69, 9.17) is 5.26 Å². The van der Waals surface area contributed by atoms with Crippen LogP contribution in [0.2, 0.25) is 0 Å². The summed E-state index contributed by atoms with van der Waals surface area (Å²) in [5.41, 5.74) is 2.07. The summed E-state index contributed by atoms with van der Waals surface area (Å²) >= 11 is 0. The lowest BCUT2D eigenvalue weighted by Crippen LogP contribution is -2.45. The molecule has 0 N–H and O–H groups in total. The van der Waals surface area contributed by atoms with Gasteiger partial charge in [0.1, 0.15) is 11.8 Å². The molecular formula is C17H20N6O. The first-order valence-electron chi connectivity index (χ1n) is 7.95. The minimum absolute atomic E-state index is 0.0154. The molecule has 3 heterocycles. The number of amides is 1. The second-order valence-electron chi connectivity index (χ2n) is 6.05. The van der Waals surface area contributed by atoms with Crippen LogP contribution in [0.5, 0.6) is 0 Å². The van der Waals surface area contributed by atoms with Gasteiger partial charge in [0.15, 0.2) is 0 Å². The van der Waals surface area contributed by atoms with Crippen molar-refractivity contribution in [3.63, 3.8) is 0 Å². The Hall–Kier alpha value is -2.88. The summed E-state index contributed by atoms with van der Waals surface area (Å²) in [6.07, 6.45) is 6.90. The van der Waals surface area contributed by atoms with Crippen LogP contribution in [0.4, 0.5) is 5.69 Å². The van der Waals surface area contributed by atoms with E-state index in [2.05, 4.69) is 15.0 Å². The molecule has 24 heavy (non-hydrogen) atoms. The Morgan fingerprint density at radius 1 is 1.33 bits per heavy atom. The van der Waals surface area contributed by atoms with E-state index < -0.39 is 0 Å². The predicted octanol–water partition coefficient (Wildman–Crippen LogP) is 1.43. The number of hydrogen-bond donors (Lipinski definition) is 0. The molecule has 7 heteroatoms. The summed E-state index contributed by atoms with van der Waals surface area (Å²) in [6, 6.07) is 5.91. The molecule has 2 aromatic heterocycles. The monoisotopic (exact) mass is 324 g/mol. The SMILES string of the molecule is CN(C(=O)c1cnn(C)c1)C1CCN(c2ccc(C#N)nc2)CC1. The standard InChI is InChI=1S/C17H20N6O/c1-21-12-13(10-20-21)17(24)22(2)15-5-7-23(8-6-15)16-4-3-14(9-18)19-11-16/h3-4,10-12,15H,5-8H2,1-2H3. The van der Waals surface area contributed by atoms with Crippen LogP contribution in [0.25, 0.3) is 0 Å². The van der Waals surface area contributed by atoms with Crippen molar-refractivity contribution in [2.24, 2.45) is 7.05 Å². The van der Waals surface area contributed by atoms with E-state index in [0.717, 1.165) is 31.6 Å². The highest BCUT2D eigenvalue weighted by atomic mass is 16.2. The molecule has 0 spiro atoms. The molecule has 7 nitrogen and oxygen atoms in total. The number of nitriles is 1. The van der Waals surface area contributed by atoms with Gasteiger partial charge < -0.3 is 9.80 Å². The van der Waals surface area contributed by atoms with Gasteiger partial charge in [0.25, 0.3) is 5.91 Å². The van der Waals surface area contributed by atoms with Crippen LogP contribution < -0.4 is 4.90 Å². The Balaban J connectivity index is 1.60. The summed E-state index contributed by atoms with van der Waals surface area (Å²) in [6.45, 7) is 1.73. The lowest BCUT2D eigenvalue weighted by Gasteiger charge is -2.37. The number of pyridine rings is 1. The molecule has 1 fully saturated rings. The van der Waals surface area contributed by atoms with Crippen molar-refractivity contribution in [1.29, 1.82) is 5.26 Å². The van der Waals surface area contributed by atoms with Gasteiger partial charge in [0.2, 0.25) is 0 Å². The summed E-state index contributed by atoms with van der Waals surface area (Å²) in [4.78, 5) is 20.7. The third kappa shape index (κ3) is 3.23. The number of piperidine rings is 1. The van der Waals surface area contributed by atoms with Gasteiger partial charge >= 0.3 is 0 Å². The Bertz CT molecular complexity index is 752. The third-order valence-corrected chi connectivity index (χ3v) is 4.51. The van der Waals surface area contributed by atoms with Gasteiger partial charge in [-0.05, 0) is 25.0 Å². The van der Waals surface area contributed by atoms with Gasteiger partial charge in [-0.25, -0.2) is 4.98 Å². The molecule has 0 aromatic carbocycles. The van der Waals surface area contributed by atoms with E-state index in [9.17, 15) is 4.79 Å². The molecule has 1 aliphatic rings. The van der Waals surface area contributed by atoms with Crippen LogP contribution in [-0.4, -0.2) is 51.8 Å². The Labute approximate surface area is 141 Å². The van der Waals surface area contributed by atoms with Crippen LogP contribution in [0.15, 0.2) is 30.7 Å². The number of rotatable bonds is 3. The van der Waals surface area contributed by atoms with Crippen molar-refractivity contribution in [2.45, 2.75) is 18.9 Å². The number of aromatic nitrogens is 3. The molecular weight excluding hydrogens is 304 g/mol. The molecule has 0 unspecified atom stereocenters. The van der Waals surface area contributed by atoms with Crippen LogP contribution in [0.3, 0.4) is 0 Å². The van der Waals surface area contributed by atoms with Gasteiger partial charge in [-0.2, -0.15) is 10.4 Å². The van der Waals surface area contributed by atoms with Gasteiger partial charge in [0.05, 0.1) is 23.6 Å². The molecule has 1 aliphatic heterocycles. The lowest BCUT2D eigenvalue weighted by molar-refractivity contribution is 0.0709. The first-order chi connectivity index (χ1) is 11.6. The van der Waals surface area contributed by atoms with Crippen LogP contribution in [0, 0.1) is 11.3 Å². The number of carbonyl (C=O) groups is 1. The molecule has 0 atom stereocenters. The minimum atomic E-state index is 0.0154. The van der Waals surface area contributed by atoms with E-state index in [1.807, 2.05) is 24.1 Å². The van der Waals surface area contributed by atoms with Gasteiger partial charge in [-0.15, -0.1) is 0 Å². The Kier molecular flexibility index (Phi) is 4.47. The van der Waals surface area contributed by atoms with Crippen molar-refractivity contribution in [2.75, 3.05) is 25.0 Å². The highest BCUT2D eigenvalue weighted by Gasteiger charge is 2.26.